The van der Waals surface area contributed by atoms with Crippen molar-refractivity contribution < 1.29 is 23.8 Å². The fourth-order valence-corrected chi connectivity index (χ4v) is 1.91. The van der Waals surface area contributed by atoms with Crippen molar-refractivity contribution in [2.75, 3.05) is 18.0 Å². The van der Waals surface area contributed by atoms with Crippen LogP contribution in [0.3, 0.4) is 0 Å². The van der Waals surface area contributed by atoms with Crippen molar-refractivity contribution in [1.29, 1.82) is 0 Å². The Labute approximate surface area is 96.1 Å². The summed E-state index contributed by atoms with van der Waals surface area (Å²) in [5, 5.41) is 18.6. The summed E-state index contributed by atoms with van der Waals surface area (Å²) < 4.78 is 27.2. The van der Waals surface area contributed by atoms with E-state index in [9.17, 15) is 23.8 Å². The highest BCUT2D eigenvalue weighted by atomic mass is 19.1. The van der Waals surface area contributed by atoms with E-state index in [2.05, 4.69) is 0 Å². The van der Waals surface area contributed by atoms with Crippen molar-refractivity contribution in [2.24, 2.45) is 0 Å². The maximum Gasteiger partial charge on any atom is 0.150 e. The van der Waals surface area contributed by atoms with E-state index in [0.717, 1.165) is 12.1 Å². The van der Waals surface area contributed by atoms with Gasteiger partial charge in [-0.2, -0.15) is 0 Å². The van der Waals surface area contributed by atoms with E-state index in [1.807, 2.05) is 0 Å². The van der Waals surface area contributed by atoms with Gasteiger partial charge < -0.3 is 15.1 Å². The minimum atomic E-state index is -1.03. The molecule has 0 bridgehead atoms. The standard InChI is InChI=1S/C11H11F2NO3/c12-7-1-6(5-15)2-8(13)11(7)14-3-9(16)10(17)4-14/h1-2,5,9-10,16-17H,3-4H2. The molecule has 0 saturated carbocycles. The molecule has 1 saturated heterocycles. The van der Waals surface area contributed by atoms with Crippen molar-refractivity contribution >= 4 is 12.0 Å². The van der Waals surface area contributed by atoms with Crippen LogP contribution in [-0.2, 0) is 0 Å². The number of aliphatic hydroxyl groups is 2. The first-order chi connectivity index (χ1) is 8.02. The number of halogens is 2. The van der Waals surface area contributed by atoms with Gasteiger partial charge in [0.2, 0.25) is 0 Å². The van der Waals surface area contributed by atoms with Crippen molar-refractivity contribution in [3.05, 3.63) is 29.3 Å². The third-order valence-corrected chi connectivity index (χ3v) is 2.75. The first kappa shape index (κ1) is 11.9. The Morgan fingerprint density at radius 1 is 1.18 bits per heavy atom. The summed E-state index contributed by atoms with van der Waals surface area (Å²) in [6.45, 7) is -0.0924. The predicted octanol–water partition coefficient (Wildman–Crippen LogP) is 0.319. The number of β-amino-alcohol motifs (C(OH)–C–C–N with tert-alkyl or cyclic N) is 2. The molecule has 0 spiro atoms. The molecule has 2 N–H and O–H groups in total. The highest BCUT2D eigenvalue weighted by Crippen LogP contribution is 2.27. The summed E-state index contributed by atoms with van der Waals surface area (Å²) in [6.07, 6.45) is -1.71. The molecule has 1 aliphatic rings. The maximum absolute atomic E-state index is 13.6. The first-order valence-corrected chi connectivity index (χ1v) is 5.08. The molecule has 92 valence electrons. The molecule has 0 aliphatic carbocycles. The minimum absolute atomic E-state index is 0.0462. The zero-order valence-electron chi connectivity index (χ0n) is 8.81. The third kappa shape index (κ3) is 2.13. The second kappa shape index (κ2) is 4.38. The van der Waals surface area contributed by atoms with Gasteiger partial charge in [0.25, 0.3) is 0 Å². The van der Waals surface area contributed by atoms with Crippen LogP contribution in [0.5, 0.6) is 0 Å². The van der Waals surface area contributed by atoms with Crippen LogP contribution in [0, 0.1) is 11.6 Å². The molecule has 1 heterocycles. The average molecular weight is 243 g/mol. The van der Waals surface area contributed by atoms with Crippen molar-refractivity contribution in [1.82, 2.24) is 0 Å². The lowest BCUT2D eigenvalue weighted by Crippen LogP contribution is -2.23. The minimum Gasteiger partial charge on any atom is -0.389 e. The van der Waals surface area contributed by atoms with E-state index in [1.54, 1.807) is 0 Å². The summed E-state index contributed by atoms with van der Waals surface area (Å²) in [4.78, 5) is 11.6. The Morgan fingerprint density at radius 3 is 2.06 bits per heavy atom. The normalized spacial score (nSPS) is 24.1. The van der Waals surface area contributed by atoms with Gasteiger partial charge in [0, 0.05) is 18.7 Å². The molecule has 1 aromatic rings. The lowest BCUT2D eigenvalue weighted by molar-refractivity contribution is 0.0572. The van der Waals surface area contributed by atoms with Crippen LogP contribution in [0.1, 0.15) is 10.4 Å². The van der Waals surface area contributed by atoms with Crippen LogP contribution < -0.4 is 4.90 Å². The van der Waals surface area contributed by atoms with Gasteiger partial charge in [0.05, 0.1) is 12.2 Å². The van der Waals surface area contributed by atoms with E-state index in [4.69, 9.17) is 0 Å². The van der Waals surface area contributed by atoms with E-state index in [-0.39, 0.29) is 24.3 Å². The molecule has 0 aromatic heterocycles. The van der Waals surface area contributed by atoms with Crippen LogP contribution in [0.15, 0.2) is 12.1 Å². The Kier molecular flexibility index (Phi) is 3.08. The molecule has 2 unspecified atom stereocenters. The Morgan fingerprint density at radius 2 is 1.65 bits per heavy atom. The van der Waals surface area contributed by atoms with Crippen LogP contribution >= 0.6 is 0 Å². The molecule has 0 amide bonds. The number of hydrogen-bond acceptors (Lipinski definition) is 4. The zero-order valence-corrected chi connectivity index (χ0v) is 8.81. The molecule has 1 fully saturated rings. The molecule has 6 heteroatoms. The van der Waals surface area contributed by atoms with Crippen molar-refractivity contribution in [3.63, 3.8) is 0 Å². The Bertz CT molecular complexity index is 419. The quantitative estimate of drug-likeness (QED) is 0.734. The van der Waals surface area contributed by atoms with Gasteiger partial charge in [-0.15, -0.1) is 0 Å². The molecule has 1 aliphatic heterocycles. The molecular formula is C11H11F2NO3. The maximum atomic E-state index is 13.6. The smallest absolute Gasteiger partial charge is 0.150 e. The van der Waals surface area contributed by atoms with Gasteiger partial charge in [-0.3, -0.25) is 4.79 Å². The van der Waals surface area contributed by atoms with E-state index < -0.39 is 23.8 Å². The number of rotatable bonds is 2. The molecule has 1 aromatic carbocycles. The fraction of sp³-hybridized carbons (Fsp3) is 0.364. The van der Waals surface area contributed by atoms with Crippen LogP contribution in [0.25, 0.3) is 0 Å². The van der Waals surface area contributed by atoms with Crippen molar-refractivity contribution in [2.45, 2.75) is 12.2 Å². The topological polar surface area (TPSA) is 60.8 Å². The summed E-state index contributed by atoms with van der Waals surface area (Å²) in [5.74, 6) is -1.76. The van der Waals surface area contributed by atoms with Crippen LogP contribution in [0.2, 0.25) is 0 Å². The zero-order chi connectivity index (χ0) is 12.6. The van der Waals surface area contributed by atoms with Crippen molar-refractivity contribution in [3.8, 4) is 0 Å². The van der Waals surface area contributed by atoms with Gasteiger partial charge in [0.1, 0.15) is 23.6 Å². The number of aldehydes is 1. The molecular weight excluding hydrogens is 232 g/mol. The largest absolute Gasteiger partial charge is 0.389 e. The summed E-state index contributed by atoms with van der Waals surface area (Å²) in [6, 6.07) is 1.84. The number of benzene rings is 1. The number of aliphatic hydroxyl groups excluding tert-OH is 2. The first-order valence-electron chi connectivity index (χ1n) is 5.08. The summed E-state index contributed by atoms with van der Waals surface area (Å²) >= 11 is 0. The summed E-state index contributed by atoms with van der Waals surface area (Å²) in [5.41, 5.74) is -0.421. The summed E-state index contributed by atoms with van der Waals surface area (Å²) in [7, 11) is 0. The Balaban J connectivity index is 2.36. The SMILES string of the molecule is O=Cc1cc(F)c(N2CC(O)C(O)C2)c(F)c1. The molecule has 2 atom stereocenters. The average Bonchev–Trinajstić information content (AvgIpc) is 2.57. The van der Waals surface area contributed by atoms with E-state index in [1.165, 1.54) is 4.90 Å². The molecule has 2 rings (SSSR count). The molecule has 0 radical (unpaired) electrons. The van der Waals surface area contributed by atoms with E-state index in [0.29, 0.717) is 6.29 Å². The lowest BCUT2D eigenvalue weighted by atomic mass is 10.2. The molecule has 17 heavy (non-hydrogen) atoms. The highest BCUT2D eigenvalue weighted by molar-refractivity contribution is 5.76. The predicted molar refractivity (Wildman–Crippen MR) is 56.0 cm³/mol. The fourth-order valence-electron chi connectivity index (χ4n) is 1.91. The van der Waals surface area contributed by atoms with Gasteiger partial charge in [-0.1, -0.05) is 0 Å². The Hall–Kier alpha value is -1.53. The number of carbonyl (C=O) groups excluding carboxylic acids is 1. The number of nitrogens with zero attached hydrogens (tertiary/aromatic N) is 1. The monoisotopic (exact) mass is 243 g/mol. The highest BCUT2D eigenvalue weighted by Gasteiger charge is 2.32. The lowest BCUT2D eigenvalue weighted by Gasteiger charge is -2.19. The van der Waals surface area contributed by atoms with Gasteiger partial charge in [-0.25, -0.2) is 8.78 Å². The number of carbonyl (C=O) groups is 1. The van der Waals surface area contributed by atoms with Gasteiger partial charge in [-0.05, 0) is 12.1 Å². The molecule has 4 nitrogen and oxygen atoms in total. The second-order valence-electron chi connectivity index (χ2n) is 3.99. The van der Waals surface area contributed by atoms with E-state index >= 15 is 0 Å². The second-order valence-corrected chi connectivity index (χ2v) is 3.99. The number of hydrogen-bond donors (Lipinski definition) is 2. The van der Waals surface area contributed by atoms with Crippen LogP contribution in [-0.4, -0.2) is 41.8 Å². The van der Waals surface area contributed by atoms with Gasteiger partial charge in [0.15, 0.2) is 0 Å². The van der Waals surface area contributed by atoms with Crippen LogP contribution in [0.4, 0.5) is 14.5 Å². The number of anilines is 1. The van der Waals surface area contributed by atoms with Gasteiger partial charge >= 0.3 is 0 Å². The third-order valence-electron chi connectivity index (χ3n) is 2.75.